The smallest absolute Gasteiger partial charge is 0.225 e. The summed E-state index contributed by atoms with van der Waals surface area (Å²) in [6.07, 6.45) is 2.48. The van der Waals surface area contributed by atoms with Crippen LogP contribution in [0.15, 0.2) is 36.9 Å². The number of carbonyl (C=O) groups excluding carboxylic acids is 2. The SMILES string of the molecule is C=CCNC(=O)[C@@H]1CCC(=O)N(CCOC)[C@H]1c1ccccc1Cl. The zero-order valence-corrected chi connectivity index (χ0v) is 14.6. The fraction of sp³-hybridized carbons (Fsp3) is 0.444. The van der Waals surface area contributed by atoms with Crippen LogP contribution in [-0.2, 0) is 14.3 Å². The molecule has 1 saturated heterocycles. The zero-order valence-electron chi connectivity index (χ0n) is 13.8. The second-order valence-corrected chi connectivity index (χ2v) is 6.13. The fourth-order valence-corrected chi connectivity index (χ4v) is 3.33. The van der Waals surface area contributed by atoms with Crippen LogP contribution < -0.4 is 5.32 Å². The lowest BCUT2D eigenvalue weighted by Crippen LogP contribution is -2.49. The second-order valence-electron chi connectivity index (χ2n) is 5.73. The van der Waals surface area contributed by atoms with Crippen molar-refractivity contribution >= 4 is 23.4 Å². The number of ether oxygens (including phenoxy) is 1. The Morgan fingerprint density at radius 1 is 1.50 bits per heavy atom. The maximum absolute atomic E-state index is 12.6. The first-order valence-electron chi connectivity index (χ1n) is 8.01. The average Bonchev–Trinajstić information content (AvgIpc) is 2.59. The van der Waals surface area contributed by atoms with Crippen molar-refractivity contribution in [3.63, 3.8) is 0 Å². The maximum Gasteiger partial charge on any atom is 0.225 e. The molecular formula is C18H23ClN2O3. The van der Waals surface area contributed by atoms with Gasteiger partial charge < -0.3 is 15.0 Å². The van der Waals surface area contributed by atoms with Crippen LogP contribution in [-0.4, -0.2) is 43.5 Å². The Kier molecular flexibility index (Phi) is 6.82. The Balaban J connectivity index is 2.37. The molecule has 1 N–H and O–H groups in total. The second kappa shape index (κ2) is 8.85. The molecule has 1 aromatic rings. The summed E-state index contributed by atoms with van der Waals surface area (Å²) < 4.78 is 5.13. The van der Waals surface area contributed by atoms with Crippen molar-refractivity contribution in [3.05, 3.63) is 47.5 Å². The number of benzene rings is 1. The topological polar surface area (TPSA) is 58.6 Å². The maximum atomic E-state index is 12.6. The van der Waals surface area contributed by atoms with E-state index < -0.39 is 0 Å². The van der Waals surface area contributed by atoms with E-state index in [1.807, 2.05) is 18.2 Å². The van der Waals surface area contributed by atoms with E-state index in [-0.39, 0.29) is 23.8 Å². The van der Waals surface area contributed by atoms with Crippen LogP contribution in [0.4, 0.5) is 0 Å². The first-order valence-corrected chi connectivity index (χ1v) is 8.39. The average molecular weight is 351 g/mol. The summed E-state index contributed by atoms with van der Waals surface area (Å²) >= 11 is 6.36. The molecule has 0 spiro atoms. The number of nitrogens with zero attached hydrogens (tertiary/aromatic N) is 1. The van der Waals surface area contributed by atoms with E-state index in [2.05, 4.69) is 11.9 Å². The van der Waals surface area contributed by atoms with Gasteiger partial charge in [0.25, 0.3) is 0 Å². The summed E-state index contributed by atoms with van der Waals surface area (Å²) in [6.45, 7) is 4.86. The summed E-state index contributed by atoms with van der Waals surface area (Å²) in [5.41, 5.74) is 0.794. The minimum atomic E-state index is -0.389. The van der Waals surface area contributed by atoms with E-state index in [0.717, 1.165) is 5.56 Å². The van der Waals surface area contributed by atoms with Crippen LogP contribution in [0.5, 0.6) is 0 Å². The molecule has 1 aliphatic rings. The molecular weight excluding hydrogens is 328 g/mol. The lowest BCUT2D eigenvalue weighted by Gasteiger charge is -2.41. The van der Waals surface area contributed by atoms with Crippen molar-refractivity contribution in [3.8, 4) is 0 Å². The quantitative estimate of drug-likeness (QED) is 0.769. The normalized spacial score (nSPS) is 20.8. The molecule has 2 atom stereocenters. The molecule has 0 aromatic heterocycles. The van der Waals surface area contributed by atoms with Gasteiger partial charge in [0, 0.05) is 31.6 Å². The van der Waals surface area contributed by atoms with Crippen molar-refractivity contribution in [2.24, 2.45) is 5.92 Å². The highest BCUT2D eigenvalue weighted by atomic mass is 35.5. The summed E-state index contributed by atoms with van der Waals surface area (Å²) in [6, 6.07) is 6.97. The molecule has 6 heteroatoms. The molecule has 1 heterocycles. The Labute approximate surface area is 147 Å². The van der Waals surface area contributed by atoms with Crippen LogP contribution >= 0.6 is 11.6 Å². The van der Waals surface area contributed by atoms with Crippen molar-refractivity contribution in [2.45, 2.75) is 18.9 Å². The van der Waals surface area contributed by atoms with Crippen LogP contribution in [0.2, 0.25) is 5.02 Å². The number of piperidine rings is 1. The van der Waals surface area contributed by atoms with Gasteiger partial charge in [0.15, 0.2) is 0 Å². The number of hydrogen-bond acceptors (Lipinski definition) is 3. The monoisotopic (exact) mass is 350 g/mol. The van der Waals surface area contributed by atoms with E-state index in [1.165, 1.54) is 0 Å². The first kappa shape index (κ1) is 18.5. The Morgan fingerprint density at radius 2 is 2.25 bits per heavy atom. The van der Waals surface area contributed by atoms with Crippen LogP contribution in [0, 0.1) is 5.92 Å². The molecule has 0 aliphatic carbocycles. The van der Waals surface area contributed by atoms with Gasteiger partial charge in [0.2, 0.25) is 11.8 Å². The number of nitrogens with one attached hydrogen (secondary N) is 1. The van der Waals surface area contributed by atoms with Crippen molar-refractivity contribution in [1.29, 1.82) is 0 Å². The van der Waals surface area contributed by atoms with Crippen molar-refractivity contribution in [2.75, 3.05) is 26.8 Å². The molecule has 0 bridgehead atoms. The highest BCUT2D eigenvalue weighted by molar-refractivity contribution is 6.31. The molecule has 130 valence electrons. The standard InChI is InChI=1S/C18H23ClN2O3/c1-3-10-20-18(23)14-8-9-16(22)21(11-12-24-2)17(14)13-6-4-5-7-15(13)19/h3-7,14,17H,1,8-12H2,2H3,(H,20,23)/t14-,17+/m1/s1. The van der Waals surface area contributed by atoms with Gasteiger partial charge in [-0.2, -0.15) is 0 Å². The van der Waals surface area contributed by atoms with Gasteiger partial charge in [0.05, 0.1) is 18.6 Å². The lowest BCUT2D eigenvalue weighted by atomic mass is 9.83. The number of likely N-dealkylation sites (tertiary alicyclic amines) is 1. The molecule has 0 unspecified atom stereocenters. The van der Waals surface area contributed by atoms with Gasteiger partial charge >= 0.3 is 0 Å². The third-order valence-corrected chi connectivity index (χ3v) is 4.57. The van der Waals surface area contributed by atoms with Crippen LogP contribution in [0.1, 0.15) is 24.4 Å². The molecule has 2 amide bonds. The Bertz CT molecular complexity index is 606. The molecule has 5 nitrogen and oxygen atoms in total. The number of methoxy groups -OCH3 is 1. The first-order chi connectivity index (χ1) is 11.6. The van der Waals surface area contributed by atoms with Gasteiger partial charge in [-0.05, 0) is 18.1 Å². The molecule has 2 rings (SSSR count). The molecule has 0 saturated carbocycles. The van der Waals surface area contributed by atoms with Crippen molar-refractivity contribution in [1.82, 2.24) is 10.2 Å². The Morgan fingerprint density at radius 3 is 2.92 bits per heavy atom. The summed E-state index contributed by atoms with van der Waals surface area (Å²) in [4.78, 5) is 26.8. The highest BCUT2D eigenvalue weighted by Gasteiger charge is 2.41. The molecule has 0 radical (unpaired) electrons. The third-order valence-electron chi connectivity index (χ3n) is 4.22. The third kappa shape index (κ3) is 4.16. The largest absolute Gasteiger partial charge is 0.383 e. The molecule has 1 fully saturated rings. The fourth-order valence-electron chi connectivity index (χ4n) is 3.08. The number of amides is 2. The van der Waals surface area contributed by atoms with Gasteiger partial charge in [-0.25, -0.2) is 0 Å². The van der Waals surface area contributed by atoms with Crippen molar-refractivity contribution < 1.29 is 14.3 Å². The van der Waals surface area contributed by atoms with E-state index >= 15 is 0 Å². The van der Waals surface area contributed by atoms with Crippen LogP contribution in [0.25, 0.3) is 0 Å². The summed E-state index contributed by atoms with van der Waals surface area (Å²) in [5.74, 6) is -0.418. The summed E-state index contributed by atoms with van der Waals surface area (Å²) in [5, 5.41) is 3.40. The molecule has 24 heavy (non-hydrogen) atoms. The van der Waals surface area contributed by atoms with Gasteiger partial charge in [0.1, 0.15) is 0 Å². The number of rotatable bonds is 7. The predicted octanol–water partition coefficient (Wildman–Crippen LogP) is 2.57. The molecule has 1 aromatic carbocycles. The number of carbonyl (C=O) groups is 2. The molecule has 1 aliphatic heterocycles. The van der Waals surface area contributed by atoms with E-state index in [1.54, 1.807) is 24.2 Å². The predicted molar refractivity (Wildman–Crippen MR) is 93.7 cm³/mol. The highest BCUT2D eigenvalue weighted by Crippen LogP contribution is 2.39. The summed E-state index contributed by atoms with van der Waals surface area (Å²) in [7, 11) is 1.59. The van der Waals surface area contributed by atoms with E-state index in [9.17, 15) is 9.59 Å². The van der Waals surface area contributed by atoms with Crippen LogP contribution in [0.3, 0.4) is 0 Å². The number of halogens is 1. The van der Waals surface area contributed by atoms with Gasteiger partial charge in [-0.15, -0.1) is 6.58 Å². The Hall–Kier alpha value is -1.85. The van der Waals surface area contributed by atoms with E-state index in [0.29, 0.717) is 37.6 Å². The minimum absolute atomic E-state index is 0.0183. The lowest BCUT2D eigenvalue weighted by molar-refractivity contribution is -0.144. The van der Waals surface area contributed by atoms with E-state index in [4.69, 9.17) is 16.3 Å². The zero-order chi connectivity index (χ0) is 17.5. The van der Waals surface area contributed by atoms with Gasteiger partial charge in [-0.3, -0.25) is 9.59 Å². The number of hydrogen-bond donors (Lipinski definition) is 1. The minimum Gasteiger partial charge on any atom is -0.383 e. The van der Waals surface area contributed by atoms with Gasteiger partial charge in [-0.1, -0.05) is 35.9 Å².